The SMILES string of the molecule is CC(OCn1c(NC2CCN(C(=O)OC(C)(C)C)CC2)nc2ccccc21)c1cccc(N(C)C)n1. The molecule has 1 atom stereocenters. The summed E-state index contributed by atoms with van der Waals surface area (Å²) >= 11 is 0. The van der Waals surface area contributed by atoms with Gasteiger partial charge in [0.25, 0.3) is 0 Å². The van der Waals surface area contributed by atoms with Crippen LogP contribution in [0.15, 0.2) is 42.5 Å². The molecule has 4 rings (SSSR count). The Balaban J connectivity index is 1.43. The number of ether oxygens (including phenoxy) is 2. The van der Waals surface area contributed by atoms with Gasteiger partial charge < -0.3 is 24.6 Å². The van der Waals surface area contributed by atoms with Crippen LogP contribution in [0.1, 0.15) is 52.3 Å². The van der Waals surface area contributed by atoms with E-state index in [0.717, 1.165) is 41.3 Å². The summed E-state index contributed by atoms with van der Waals surface area (Å²) in [7, 11) is 3.95. The lowest BCUT2D eigenvalue weighted by atomic mass is 10.1. The summed E-state index contributed by atoms with van der Waals surface area (Å²) in [5.41, 5.74) is 2.32. The van der Waals surface area contributed by atoms with Crippen LogP contribution in [0.5, 0.6) is 0 Å². The van der Waals surface area contributed by atoms with Crippen molar-refractivity contribution in [3.8, 4) is 0 Å². The number of imidazole rings is 1. The van der Waals surface area contributed by atoms with Gasteiger partial charge in [-0.05, 0) is 64.8 Å². The number of amides is 1. The van der Waals surface area contributed by atoms with Gasteiger partial charge in [-0.25, -0.2) is 14.8 Å². The summed E-state index contributed by atoms with van der Waals surface area (Å²) in [5.74, 6) is 1.67. The zero-order chi connectivity index (χ0) is 25.9. The van der Waals surface area contributed by atoms with Crippen LogP contribution in [0.4, 0.5) is 16.6 Å². The fraction of sp³-hybridized carbons (Fsp3) is 0.519. The van der Waals surface area contributed by atoms with Gasteiger partial charge in [-0.1, -0.05) is 18.2 Å². The highest BCUT2D eigenvalue weighted by Crippen LogP contribution is 2.25. The first-order chi connectivity index (χ1) is 17.1. The zero-order valence-corrected chi connectivity index (χ0v) is 22.2. The Hall–Kier alpha value is -3.33. The number of hydrogen-bond acceptors (Lipinski definition) is 7. The van der Waals surface area contributed by atoms with Gasteiger partial charge in [0.1, 0.15) is 18.1 Å². The minimum Gasteiger partial charge on any atom is -0.444 e. The Bertz CT molecular complexity index is 1180. The predicted octanol–water partition coefficient (Wildman–Crippen LogP) is 5.04. The lowest BCUT2D eigenvalue weighted by molar-refractivity contribution is 0.0171. The number of benzene rings is 1. The second-order valence-corrected chi connectivity index (χ2v) is 10.5. The van der Waals surface area contributed by atoms with E-state index in [-0.39, 0.29) is 18.2 Å². The van der Waals surface area contributed by atoms with Gasteiger partial charge in [-0.2, -0.15) is 0 Å². The third-order valence-electron chi connectivity index (χ3n) is 6.22. The Morgan fingerprint density at radius 2 is 1.83 bits per heavy atom. The predicted molar refractivity (Wildman–Crippen MR) is 142 cm³/mol. The third kappa shape index (κ3) is 6.26. The van der Waals surface area contributed by atoms with Gasteiger partial charge in [-0.15, -0.1) is 0 Å². The van der Waals surface area contributed by atoms with E-state index in [0.29, 0.717) is 19.8 Å². The number of likely N-dealkylation sites (tertiary alicyclic amines) is 1. The highest BCUT2D eigenvalue weighted by atomic mass is 16.6. The largest absolute Gasteiger partial charge is 0.444 e. The van der Waals surface area contributed by atoms with E-state index >= 15 is 0 Å². The normalized spacial score (nSPS) is 15.7. The van der Waals surface area contributed by atoms with Crippen molar-refractivity contribution in [1.82, 2.24) is 19.4 Å². The molecule has 194 valence electrons. The average Bonchev–Trinajstić information content (AvgIpc) is 3.18. The maximum atomic E-state index is 12.4. The molecule has 1 aliphatic heterocycles. The van der Waals surface area contributed by atoms with E-state index in [2.05, 4.69) is 16.0 Å². The molecule has 36 heavy (non-hydrogen) atoms. The molecule has 1 aromatic carbocycles. The topological polar surface area (TPSA) is 84.8 Å². The van der Waals surface area contributed by atoms with Crippen molar-refractivity contribution in [3.63, 3.8) is 0 Å². The van der Waals surface area contributed by atoms with Gasteiger partial charge in [0, 0.05) is 33.2 Å². The van der Waals surface area contributed by atoms with Crippen LogP contribution in [-0.4, -0.2) is 64.4 Å². The molecule has 9 heteroatoms. The van der Waals surface area contributed by atoms with Crippen LogP contribution in [0.3, 0.4) is 0 Å². The smallest absolute Gasteiger partial charge is 0.410 e. The summed E-state index contributed by atoms with van der Waals surface area (Å²) < 4.78 is 13.9. The highest BCUT2D eigenvalue weighted by Gasteiger charge is 2.27. The first kappa shape index (κ1) is 25.8. The molecule has 0 aliphatic carbocycles. The number of piperidine rings is 1. The van der Waals surface area contributed by atoms with Crippen molar-refractivity contribution >= 4 is 28.9 Å². The van der Waals surface area contributed by atoms with E-state index in [9.17, 15) is 4.79 Å². The maximum Gasteiger partial charge on any atom is 0.410 e. The molecule has 1 saturated heterocycles. The molecular formula is C27H38N6O3. The van der Waals surface area contributed by atoms with Crippen molar-refractivity contribution in [1.29, 1.82) is 0 Å². The number of carbonyl (C=O) groups excluding carboxylic acids is 1. The van der Waals surface area contributed by atoms with Crippen LogP contribution in [0.25, 0.3) is 11.0 Å². The Kier molecular flexibility index (Phi) is 7.68. The number of hydrogen-bond donors (Lipinski definition) is 1. The summed E-state index contributed by atoms with van der Waals surface area (Å²) in [5, 5.41) is 3.60. The summed E-state index contributed by atoms with van der Waals surface area (Å²) in [4.78, 5) is 25.7. The van der Waals surface area contributed by atoms with E-state index in [1.807, 2.05) is 83.1 Å². The molecule has 1 fully saturated rings. The van der Waals surface area contributed by atoms with E-state index in [1.165, 1.54) is 0 Å². The molecule has 0 bridgehead atoms. The van der Waals surface area contributed by atoms with Gasteiger partial charge in [0.15, 0.2) is 0 Å². The molecule has 9 nitrogen and oxygen atoms in total. The number of aromatic nitrogens is 3. The number of anilines is 2. The standard InChI is InChI=1S/C27H38N6O3/c1-19(21-11-9-13-24(29-21)31(5)6)35-18-33-23-12-8-7-10-22(23)30-25(33)28-20-14-16-32(17-15-20)26(34)36-27(2,3)4/h7-13,19-20H,14-18H2,1-6H3,(H,28,30). The molecule has 0 saturated carbocycles. The molecule has 3 heterocycles. The fourth-order valence-corrected chi connectivity index (χ4v) is 4.22. The van der Waals surface area contributed by atoms with Crippen LogP contribution < -0.4 is 10.2 Å². The summed E-state index contributed by atoms with van der Waals surface area (Å²) in [6.07, 6.45) is 1.21. The molecule has 1 amide bonds. The quantitative estimate of drug-likeness (QED) is 0.492. The molecule has 0 radical (unpaired) electrons. The van der Waals surface area contributed by atoms with E-state index < -0.39 is 5.60 Å². The number of fused-ring (bicyclic) bond motifs is 1. The number of carbonyl (C=O) groups is 1. The summed E-state index contributed by atoms with van der Waals surface area (Å²) in [6, 6.07) is 14.2. The minimum atomic E-state index is -0.489. The zero-order valence-electron chi connectivity index (χ0n) is 22.2. The van der Waals surface area contributed by atoms with Crippen LogP contribution in [0.2, 0.25) is 0 Å². The van der Waals surface area contributed by atoms with Gasteiger partial charge in [0.2, 0.25) is 5.95 Å². The minimum absolute atomic E-state index is 0.184. The van der Waals surface area contributed by atoms with Gasteiger partial charge >= 0.3 is 6.09 Å². The Morgan fingerprint density at radius 1 is 1.11 bits per heavy atom. The second kappa shape index (κ2) is 10.7. The molecule has 1 aliphatic rings. The molecule has 1 unspecified atom stereocenters. The van der Waals surface area contributed by atoms with Crippen LogP contribution in [-0.2, 0) is 16.2 Å². The summed E-state index contributed by atoms with van der Waals surface area (Å²) in [6.45, 7) is 9.32. The molecular weight excluding hydrogens is 456 g/mol. The monoisotopic (exact) mass is 494 g/mol. The van der Waals surface area contributed by atoms with Crippen LogP contribution >= 0.6 is 0 Å². The van der Waals surface area contributed by atoms with E-state index in [4.69, 9.17) is 19.4 Å². The van der Waals surface area contributed by atoms with E-state index in [1.54, 1.807) is 4.90 Å². The second-order valence-electron chi connectivity index (χ2n) is 10.5. The maximum absolute atomic E-state index is 12.4. The lowest BCUT2D eigenvalue weighted by Gasteiger charge is -2.34. The highest BCUT2D eigenvalue weighted by molar-refractivity contribution is 5.78. The van der Waals surface area contributed by atoms with Crippen molar-refractivity contribution in [2.75, 3.05) is 37.4 Å². The fourth-order valence-electron chi connectivity index (χ4n) is 4.22. The number of para-hydroxylation sites is 2. The average molecular weight is 495 g/mol. The number of nitrogens with one attached hydrogen (secondary N) is 1. The number of nitrogens with zero attached hydrogens (tertiary/aromatic N) is 5. The van der Waals surface area contributed by atoms with Crippen molar-refractivity contribution < 1.29 is 14.3 Å². The number of rotatable bonds is 7. The molecule has 3 aromatic rings. The molecule has 1 N–H and O–H groups in total. The third-order valence-corrected chi connectivity index (χ3v) is 6.22. The molecule has 0 spiro atoms. The Morgan fingerprint density at radius 3 is 2.53 bits per heavy atom. The van der Waals surface area contributed by atoms with Gasteiger partial charge in [0.05, 0.1) is 22.8 Å². The number of pyridine rings is 1. The first-order valence-corrected chi connectivity index (χ1v) is 12.6. The van der Waals surface area contributed by atoms with Gasteiger partial charge in [-0.3, -0.25) is 4.57 Å². The Labute approximate surface area is 213 Å². The van der Waals surface area contributed by atoms with Crippen molar-refractivity contribution in [2.24, 2.45) is 0 Å². The van der Waals surface area contributed by atoms with Crippen molar-refractivity contribution in [3.05, 3.63) is 48.2 Å². The van der Waals surface area contributed by atoms with Crippen molar-refractivity contribution in [2.45, 2.75) is 65.0 Å². The van der Waals surface area contributed by atoms with Crippen LogP contribution in [0, 0.1) is 0 Å². The first-order valence-electron chi connectivity index (χ1n) is 12.6. The molecule has 2 aromatic heterocycles. The lowest BCUT2D eigenvalue weighted by Crippen LogP contribution is -2.44.